The number of carboxylic acids is 1. The van der Waals surface area contributed by atoms with E-state index in [0.29, 0.717) is 12.1 Å². The molecule has 1 aliphatic carbocycles. The third-order valence-corrected chi connectivity index (χ3v) is 2.88. The van der Waals surface area contributed by atoms with E-state index in [0.717, 1.165) is 18.4 Å². The molecule has 0 aliphatic heterocycles. The molecule has 0 unspecified atom stereocenters. The quantitative estimate of drug-likeness (QED) is 0.869. The molecule has 0 aromatic heterocycles. The van der Waals surface area contributed by atoms with E-state index < -0.39 is 5.97 Å². The van der Waals surface area contributed by atoms with Crippen molar-refractivity contribution < 1.29 is 14.7 Å². The topological polar surface area (TPSA) is 66.4 Å². The molecular weight excluding hydrogens is 242 g/mol. The van der Waals surface area contributed by atoms with Gasteiger partial charge in [-0.3, -0.25) is 4.79 Å². The van der Waals surface area contributed by atoms with Crippen molar-refractivity contribution in [3.8, 4) is 0 Å². The van der Waals surface area contributed by atoms with Gasteiger partial charge in [-0.1, -0.05) is 30.4 Å². The predicted octanol–water partition coefficient (Wildman–Crippen LogP) is 2.28. The van der Waals surface area contributed by atoms with Gasteiger partial charge in [-0.05, 0) is 30.5 Å². The van der Waals surface area contributed by atoms with Gasteiger partial charge in [0.05, 0.1) is 5.56 Å². The van der Waals surface area contributed by atoms with Crippen molar-refractivity contribution in [1.29, 1.82) is 0 Å². The number of aromatic carboxylic acids is 1. The molecule has 1 aromatic rings. The summed E-state index contributed by atoms with van der Waals surface area (Å²) in [5, 5.41) is 11.7. The van der Waals surface area contributed by atoms with Gasteiger partial charge < -0.3 is 10.4 Å². The van der Waals surface area contributed by atoms with Gasteiger partial charge in [-0.2, -0.15) is 0 Å². The highest BCUT2D eigenvalue weighted by atomic mass is 16.4. The third kappa shape index (κ3) is 3.55. The molecule has 0 bridgehead atoms. The van der Waals surface area contributed by atoms with Crippen LogP contribution in [0.2, 0.25) is 0 Å². The minimum Gasteiger partial charge on any atom is -0.478 e. The summed E-state index contributed by atoms with van der Waals surface area (Å²) in [6.07, 6.45) is 7.54. The maximum atomic E-state index is 11.8. The molecule has 0 heterocycles. The number of hydrogen-bond donors (Lipinski definition) is 2. The van der Waals surface area contributed by atoms with Crippen molar-refractivity contribution in [2.45, 2.75) is 19.4 Å². The maximum Gasteiger partial charge on any atom is 0.335 e. The zero-order chi connectivity index (χ0) is 13.7. The van der Waals surface area contributed by atoms with Gasteiger partial charge in [0, 0.05) is 12.1 Å². The molecule has 1 aromatic carbocycles. The van der Waals surface area contributed by atoms with E-state index in [1.807, 2.05) is 18.2 Å². The first-order valence-electron chi connectivity index (χ1n) is 6.14. The summed E-state index contributed by atoms with van der Waals surface area (Å²) in [7, 11) is 0. The van der Waals surface area contributed by atoms with Gasteiger partial charge in [0.2, 0.25) is 0 Å². The Balaban J connectivity index is 1.97. The highest BCUT2D eigenvalue weighted by Crippen LogP contribution is 2.10. The zero-order valence-electron chi connectivity index (χ0n) is 10.4. The van der Waals surface area contributed by atoms with Crippen molar-refractivity contribution in [2.75, 3.05) is 0 Å². The lowest BCUT2D eigenvalue weighted by Crippen LogP contribution is -2.24. The Kier molecular flexibility index (Phi) is 4.13. The van der Waals surface area contributed by atoms with Gasteiger partial charge in [0.25, 0.3) is 5.91 Å². The molecular formula is C15H15NO3. The number of carbonyl (C=O) groups excluding carboxylic acids is 1. The monoisotopic (exact) mass is 257 g/mol. The Morgan fingerprint density at radius 2 is 2.11 bits per heavy atom. The summed E-state index contributed by atoms with van der Waals surface area (Å²) in [5.41, 5.74) is 1.66. The van der Waals surface area contributed by atoms with E-state index >= 15 is 0 Å². The molecule has 1 amide bonds. The summed E-state index contributed by atoms with van der Waals surface area (Å²) in [6.45, 7) is 0.325. The standard InChI is InChI=1S/C15H15NO3/c17-14(12-6-2-1-3-7-12)16-10-11-5-4-8-13(9-11)15(18)19/h2,4-9H,1,3,10H2,(H,16,17)(H,18,19). The minimum atomic E-state index is -0.967. The molecule has 0 atom stereocenters. The lowest BCUT2D eigenvalue weighted by Gasteiger charge is -2.08. The fourth-order valence-corrected chi connectivity index (χ4v) is 1.88. The van der Waals surface area contributed by atoms with E-state index in [2.05, 4.69) is 5.32 Å². The van der Waals surface area contributed by atoms with Gasteiger partial charge in [0.1, 0.15) is 0 Å². The smallest absolute Gasteiger partial charge is 0.335 e. The van der Waals surface area contributed by atoms with Crippen molar-refractivity contribution in [3.05, 3.63) is 59.2 Å². The third-order valence-electron chi connectivity index (χ3n) is 2.88. The molecule has 98 valence electrons. The largest absolute Gasteiger partial charge is 0.478 e. The van der Waals surface area contributed by atoms with Crippen LogP contribution in [0.4, 0.5) is 0 Å². The fraction of sp³-hybridized carbons (Fsp3) is 0.200. The highest BCUT2D eigenvalue weighted by molar-refractivity contribution is 5.96. The van der Waals surface area contributed by atoms with Gasteiger partial charge in [-0.25, -0.2) is 4.79 Å². The van der Waals surface area contributed by atoms with Crippen LogP contribution < -0.4 is 5.32 Å². The number of amides is 1. The van der Waals surface area contributed by atoms with Crippen LogP contribution in [0.15, 0.2) is 48.1 Å². The number of nitrogens with one attached hydrogen (secondary N) is 1. The number of carbonyl (C=O) groups is 2. The van der Waals surface area contributed by atoms with Gasteiger partial charge >= 0.3 is 5.97 Å². The molecule has 0 saturated heterocycles. The van der Waals surface area contributed by atoms with E-state index in [-0.39, 0.29) is 11.5 Å². The maximum absolute atomic E-state index is 11.8. The van der Waals surface area contributed by atoms with Crippen molar-refractivity contribution in [1.82, 2.24) is 5.32 Å². The van der Waals surface area contributed by atoms with Crippen LogP contribution >= 0.6 is 0 Å². The van der Waals surface area contributed by atoms with Crippen molar-refractivity contribution in [3.63, 3.8) is 0 Å². The second kappa shape index (κ2) is 6.00. The molecule has 0 fully saturated rings. The molecule has 19 heavy (non-hydrogen) atoms. The van der Waals surface area contributed by atoms with Crippen LogP contribution in [0.1, 0.15) is 28.8 Å². The van der Waals surface area contributed by atoms with Crippen LogP contribution in [-0.2, 0) is 11.3 Å². The lowest BCUT2D eigenvalue weighted by atomic mass is 10.1. The van der Waals surface area contributed by atoms with E-state index in [9.17, 15) is 9.59 Å². The number of carboxylic acid groups (broad SMARTS) is 1. The molecule has 0 saturated carbocycles. The number of benzene rings is 1. The lowest BCUT2D eigenvalue weighted by molar-refractivity contribution is -0.117. The molecule has 2 rings (SSSR count). The predicted molar refractivity (Wildman–Crippen MR) is 71.7 cm³/mol. The second-order valence-electron chi connectivity index (χ2n) is 4.33. The molecule has 0 spiro atoms. The Labute approximate surface area is 111 Å². The molecule has 0 radical (unpaired) electrons. The molecule has 4 heteroatoms. The number of hydrogen-bond acceptors (Lipinski definition) is 2. The molecule has 1 aliphatic rings. The van der Waals surface area contributed by atoms with Crippen LogP contribution in [0, 0.1) is 0 Å². The average molecular weight is 257 g/mol. The summed E-state index contributed by atoms with van der Waals surface area (Å²) in [4.78, 5) is 22.7. The SMILES string of the molecule is O=C(NCc1cccc(C(=O)O)c1)C1=CCCC=C1. The Morgan fingerprint density at radius 1 is 1.26 bits per heavy atom. The summed E-state index contributed by atoms with van der Waals surface area (Å²) in [6, 6.07) is 6.55. The summed E-state index contributed by atoms with van der Waals surface area (Å²) in [5.74, 6) is -1.09. The Morgan fingerprint density at radius 3 is 2.79 bits per heavy atom. The molecule has 4 nitrogen and oxygen atoms in total. The van der Waals surface area contributed by atoms with Crippen LogP contribution in [0.3, 0.4) is 0 Å². The van der Waals surface area contributed by atoms with Gasteiger partial charge in [-0.15, -0.1) is 0 Å². The van der Waals surface area contributed by atoms with Crippen LogP contribution in [0.5, 0.6) is 0 Å². The van der Waals surface area contributed by atoms with E-state index in [1.165, 1.54) is 6.07 Å². The first-order chi connectivity index (χ1) is 9.16. The van der Waals surface area contributed by atoms with Crippen molar-refractivity contribution in [2.24, 2.45) is 0 Å². The number of allylic oxidation sites excluding steroid dienone is 2. The Bertz CT molecular complexity index is 558. The van der Waals surface area contributed by atoms with E-state index in [4.69, 9.17) is 5.11 Å². The normalized spacial score (nSPS) is 13.8. The fourth-order valence-electron chi connectivity index (χ4n) is 1.88. The Hall–Kier alpha value is -2.36. The second-order valence-corrected chi connectivity index (χ2v) is 4.33. The van der Waals surface area contributed by atoms with Crippen molar-refractivity contribution >= 4 is 11.9 Å². The van der Waals surface area contributed by atoms with Crippen LogP contribution in [-0.4, -0.2) is 17.0 Å². The zero-order valence-corrected chi connectivity index (χ0v) is 10.4. The van der Waals surface area contributed by atoms with E-state index in [1.54, 1.807) is 18.2 Å². The van der Waals surface area contributed by atoms with Gasteiger partial charge in [0.15, 0.2) is 0 Å². The summed E-state index contributed by atoms with van der Waals surface area (Å²) >= 11 is 0. The first-order valence-corrected chi connectivity index (χ1v) is 6.14. The summed E-state index contributed by atoms with van der Waals surface area (Å²) < 4.78 is 0. The van der Waals surface area contributed by atoms with Crippen LogP contribution in [0.25, 0.3) is 0 Å². The molecule has 2 N–H and O–H groups in total. The average Bonchev–Trinajstić information content (AvgIpc) is 2.46. The first kappa shape index (κ1) is 13.1. The number of rotatable bonds is 4. The highest BCUT2D eigenvalue weighted by Gasteiger charge is 2.08. The minimum absolute atomic E-state index is 0.128.